The number of benzene rings is 2. The molecule has 3 N–H and O–H groups in total. The van der Waals surface area contributed by atoms with E-state index in [-0.39, 0.29) is 5.56 Å². The van der Waals surface area contributed by atoms with Gasteiger partial charge in [-0.05, 0) is 62.0 Å². The Kier molecular flexibility index (Phi) is 7.08. The van der Waals surface area contributed by atoms with E-state index >= 15 is 0 Å². The number of carbonyl (C=O) groups excluding carboxylic acids is 1. The summed E-state index contributed by atoms with van der Waals surface area (Å²) in [5.74, 6) is 5.60. The lowest BCUT2D eigenvalue weighted by molar-refractivity contribution is 0.100. The number of nitrogens with zero attached hydrogens (tertiary/aromatic N) is 5. The summed E-state index contributed by atoms with van der Waals surface area (Å²) in [6, 6.07) is 8.17. The van der Waals surface area contributed by atoms with Gasteiger partial charge in [0.05, 0.1) is 17.4 Å². The van der Waals surface area contributed by atoms with Crippen LogP contribution in [0.15, 0.2) is 55.1 Å². The Morgan fingerprint density at radius 1 is 1.14 bits per heavy atom. The highest BCUT2D eigenvalue weighted by molar-refractivity contribution is 6.01. The maximum Gasteiger partial charge on any atom is 0.249 e. The summed E-state index contributed by atoms with van der Waals surface area (Å²) in [7, 11) is 5.63. The van der Waals surface area contributed by atoms with Gasteiger partial charge in [-0.1, -0.05) is 17.9 Å². The van der Waals surface area contributed by atoms with Crippen molar-refractivity contribution < 1.29 is 9.18 Å². The SMILES string of the molecule is Cc1ccc(C(N)=O)c(-c2cc(F)cc(CN(C)C)c2)c1C#Cc1cnc(Nc2cnn(C)c2)nc1. The molecule has 1 amide bonds. The van der Waals surface area contributed by atoms with Crippen molar-refractivity contribution in [2.24, 2.45) is 12.8 Å². The van der Waals surface area contributed by atoms with E-state index in [4.69, 9.17) is 5.73 Å². The highest BCUT2D eigenvalue weighted by Crippen LogP contribution is 2.31. The quantitative estimate of drug-likeness (QED) is 0.406. The predicted octanol–water partition coefficient (Wildman–Crippen LogP) is 3.63. The van der Waals surface area contributed by atoms with Gasteiger partial charge in [-0.15, -0.1) is 0 Å². The van der Waals surface area contributed by atoms with Crippen LogP contribution in [-0.2, 0) is 13.6 Å². The molecule has 0 saturated carbocycles. The molecule has 0 bridgehead atoms. The molecule has 0 aliphatic rings. The number of aromatic nitrogens is 4. The first-order valence-corrected chi connectivity index (χ1v) is 11.2. The van der Waals surface area contributed by atoms with E-state index in [9.17, 15) is 9.18 Å². The number of rotatable bonds is 6. The Hall–Kier alpha value is -4.55. The van der Waals surface area contributed by atoms with Gasteiger partial charge in [0.15, 0.2) is 0 Å². The molecule has 8 nitrogen and oxygen atoms in total. The van der Waals surface area contributed by atoms with Gasteiger partial charge < -0.3 is 16.0 Å². The Bertz CT molecular complexity index is 1480. The van der Waals surface area contributed by atoms with Crippen molar-refractivity contribution >= 4 is 17.5 Å². The fourth-order valence-electron chi connectivity index (χ4n) is 3.83. The number of nitrogens with two attached hydrogens (primary N) is 1. The Balaban J connectivity index is 1.74. The number of hydrogen-bond donors (Lipinski definition) is 2. The molecule has 2 aromatic heterocycles. The van der Waals surface area contributed by atoms with Gasteiger partial charge >= 0.3 is 0 Å². The fourth-order valence-corrected chi connectivity index (χ4v) is 3.83. The Morgan fingerprint density at radius 3 is 2.53 bits per heavy atom. The number of primary amides is 1. The maximum absolute atomic E-state index is 14.6. The van der Waals surface area contributed by atoms with Crippen molar-refractivity contribution in [3.8, 4) is 23.0 Å². The molecule has 0 aliphatic heterocycles. The van der Waals surface area contributed by atoms with Crippen LogP contribution in [0.4, 0.5) is 16.0 Å². The van der Waals surface area contributed by atoms with Crippen LogP contribution in [0, 0.1) is 24.6 Å². The molecule has 0 spiro atoms. The number of aryl methyl sites for hydroxylation is 2. The van der Waals surface area contributed by atoms with Crippen LogP contribution in [-0.4, -0.2) is 44.7 Å². The fraction of sp³-hybridized carbons (Fsp3) is 0.185. The first kappa shape index (κ1) is 24.6. The highest BCUT2D eigenvalue weighted by Gasteiger charge is 2.17. The molecule has 0 radical (unpaired) electrons. The third kappa shape index (κ3) is 5.74. The van der Waals surface area contributed by atoms with Crippen molar-refractivity contribution in [2.45, 2.75) is 13.5 Å². The van der Waals surface area contributed by atoms with Crippen LogP contribution in [0.25, 0.3) is 11.1 Å². The highest BCUT2D eigenvalue weighted by atomic mass is 19.1. The normalized spacial score (nSPS) is 10.7. The number of nitrogens with one attached hydrogen (secondary N) is 1. The number of amides is 1. The molecule has 4 rings (SSSR count). The third-order valence-corrected chi connectivity index (χ3v) is 5.37. The summed E-state index contributed by atoms with van der Waals surface area (Å²) in [6.45, 7) is 2.43. The van der Waals surface area contributed by atoms with E-state index in [0.717, 1.165) is 16.8 Å². The molecule has 4 aromatic rings. The molecular formula is C27H26FN7O. The van der Waals surface area contributed by atoms with Gasteiger partial charge in [0, 0.05) is 48.9 Å². The van der Waals surface area contributed by atoms with E-state index < -0.39 is 11.7 Å². The molecule has 36 heavy (non-hydrogen) atoms. The molecule has 9 heteroatoms. The lowest BCUT2D eigenvalue weighted by atomic mass is 9.90. The summed E-state index contributed by atoms with van der Waals surface area (Å²) >= 11 is 0. The summed E-state index contributed by atoms with van der Waals surface area (Å²) in [5.41, 5.74) is 10.6. The van der Waals surface area contributed by atoms with E-state index in [1.807, 2.05) is 45.2 Å². The van der Waals surface area contributed by atoms with E-state index in [2.05, 4.69) is 32.2 Å². The topological polar surface area (TPSA) is 102 Å². The molecule has 2 aromatic carbocycles. The van der Waals surface area contributed by atoms with Gasteiger partial charge in [0.2, 0.25) is 11.9 Å². The van der Waals surface area contributed by atoms with Crippen LogP contribution < -0.4 is 11.1 Å². The average Bonchev–Trinajstić information content (AvgIpc) is 3.22. The third-order valence-electron chi connectivity index (χ3n) is 5.37. The van der Waals surface area contributed by atoms with Crippen molar-refractivity contribution in [3.63, 3.8) is 0 Å². The lowest BCUT2D eigenvalue weighted by Gasteiger charge is -2.15. The van der Waals surface area contributed by atoms with Crippen LogP contribution in [0.1, 0.15) is 32.6 Å². The van der Waals surface area contributed by atoms with Gasteiger partial charge in [-0.25, -0.2) is 14.4 Å². The molecule has 0 aliphatic carbocycles. The van der Waals surface area contributed by atoms with Gasteiger partial charge in [0.25, 0.3) is 0 Å². The first-order chi connectivity index (χ1) is 17.2. The first-order valence-electron chi connectivity index (χ1n) is 11.2. The summed E-state index contributed by atoms with van der Waals surface area (Å²) in [6.07, 6.45) is 6.68. The zero-order valence-electron chi connectivity index (χ0n) is 20.5. The Morgan fingerprint density at radius 2 is 1.89 bits per heavy atom. The summed E-state index contributed by atoms with van der Waals surface area (Å²) < 4.78 is 16.2. The van der Waals surface area contributed by atoms with Crippen LogP contribution in [0.3, 0.4) is 0 Å². The van der Waals surface area contributed by atoms with Crippen molar-refractivity contribution in [1.29, 1.82) is 0 Å². The summed E-state index contributed by atoms with van der Waals surface area (Å²) in [4.78, 5) is 22.9. The number of anilines is 2. The standard InChI is InChI=1S/C27H26FN7O/c1-17-5-7-24(26(29)36)25(20-9-19(15-34(2)3)10-21(28)11-20)23(17)8-6-18-12-30-27(31-13-18)33-22-14-32-35(4)16-22/h5,7,9-14,16H,15H2,1-4H3,(H2,29,36)(H,30,31,33). The molecular weight excluding hydrogens is 457 g/mol. The molecule has 2 heterocycles. The zero-order chi connectivity index (χ0) is 25.8. The minimum Gasteiger partial charge on any atom is -0.366 e. The smallest absolute Gasteiger partial charge is 0.249 e. The van der Waals surface area contributed by atoms with Crippen LogP contribution in [0.5, 0.6) is 0 Å². The van der Waals surface area contributed by atoms with Gasteiger partial charge in [-0.2, -0.15) is 5.10 Å². The van der Waals surface area contributed by atoms with E-state index in [1.54, 1.807) is 35.4 Å². The van der Waals surface area contributed by atoms with Gasteiger partial charge in [0.1, 0.15) is 5.82 Å². The van der Waals surface area contributed by atoms with Crippen LogP contribution >= 0.6 is 0 Å². The van der Waals surface area contributed by atoms with E-state index in [1.165, 1.54) is 12.1 Å². The molecule has 0 saturated heterocycles. The monoisotopic (exact) mass is 483 g/mol. The second-order valence-corrected chi connectivity index (χ2v) is 8.70. The van der Waals surface area contributed by atoms with Crippen molar-refractivity contribution in [1.82, 2.24) is 24.6 Å². The van der Waals surface area contributed by atoms with Crippen molar-refractivity contribution in [2.75, 3.05) is 19.4 Å². The van der Waals surface area contributed by atoms with Crippen LogP contribution in [0.2, 0.25) is 0 Å². The minimum absolute atomic E-state index is 0.276. The predicted molar refractivity (Wildman–Crippen MR) is 137 cm³/mol. The largest absolute Gasteiger partial charge is 0.366 e. The number of carbonyl (C=O) groups is 1. The molecule has 182 valence electrons. The molecule has 0 unspecified atom stereocenters. The zero-order valence-corrected chi connectivity index (χ0v) is 20.5. The van der Waals surface area contributed by atoms with Gasteiger partial charge in [-0.3, -0.25) is 9.48 Å². The Labute approximate surface area is 209 Å². The van der Waals surface area contributed by atoms with Crippen molar-refractivity contribution in [3.05, 3.63) is 88.8 Å². The van der Waals surface area contributed by atoms with E-state index in [0.29, 0.717) is 34.7 Å². The average molecular weight is 484 g/mol. The number of halogens is 1. The maximum atomic E-state index is 14.6. The second kappa shape index (κ2) is 10.4. The number of hydrogen-bond acceptors (Lipinski definition) is 6. The molecule has 0 atom stereocenters. The molecule has 0 fully saturated rings. The minimum atomic E-state index is -0.611. The lowest BCUT2D eigenvalue weighted by Crippen LogP contribution is -2.14. The second-order valence-electron chi connectivity index (χ2n) is 8.70. The summed E-state index contributed by atoms with van der Waals surface area (Å²) in [5, 5.41) is 7.16.